The van der Waals surface area contributed by atoms with E-state index in [0.717, 1.165) is 5.01 Å². The first-order valence-electron chi connectivity index (χ1n) is 6.20. The fraction of sp³-hybridized carbons (Fsp3) is 0. The van der Waals surface area contributed by atoms with Gasteiger partial charge in [0.05, 0.1) is 12.0 Å². The van der Waals surface area contributed by atoms with Crippen molar-refractivity contribution < 1.29 is 13.6 Å². The molecule has 0 N–H and O–H groups in total. The topological polar surface area (TPSA) is 43.1 Å². The van der Waals surface area contributed by atoms with Crippen molar-refractivity contribution in [2.75, 3.05) is 0 Å². The van der Waals surface area contributed by atoms with E-state index in [-0.39, 0.29) is 11.6 Å². The van der Waals surface area contributed by atoms with E-state index in [1.165, 1.54) is 41.7 Å². The van der Waals surface area contributed by atoms with E-state index in [9.17, 15) is 9.18 Å². The van der Waals surface area contributed by atoms with Crippen molar-refractivity contribution in [1.82, 2.24) is 4.98 Å². The zero-order chi connectivity index (χ0) is 14.7. The maximum Gasteiger partial charge on any atom is 0.185 e. The molecule has 0 bridgehead atoms. The summed E-state index contributed by atoms with van der Waals surface area (Å²) < 4.78 is 18.1. The Bertz CT molecular complexity index is 773. The molecule has 2 aromatic heterocycles. The molecule has 0 amide bonds. The quantitative estimate of drug-likeness (QED) is 0.528. The highest BCUT2D eigenvalue weighted by Gasteiger charge is 2.06. The number of allylic oxidation sites excluding steroid dienone is 1. The van der Waals surface area contributed by atoms with Gasteiger partial charge in [0.1, 0.15) is 5.82 Å². The average molecular weight is 299 g/mol. The van der Waals surface area contributed by atoms with Gasteiger partial charge in [0.25, 0.3) is 0 Å². The van der Waals surface area contributed by atoms with Crippen molar-refractivity contribution in [1.29, 1.82) is 0 Å². The van der Waals surface area contributed by atoms with E-state index in [1.807, 2.05) is 11.4 Å². The van der Waals surface area contributed by atoms with E-state index in [2.05, 4.69) is 4.98 Å². The Morgan fingerprint density at radius 3 is 2.76 bits per heavy atom. The lowest BCUT2D eigenvalue weighted by molar-refractivity contribution is 0.104. The molecule has 3 aromatic rings. The van der Waals surface area contributed by atoms with Gasteiger partial charge in [-0.15, -0.1) is 11.3 Å². The third kappa shape index (κ3) is 3.14. The summed E-state index contributed by atoms with van der Waals surface area (Å²) in [4.78, 5) is 16.3. The molecular weight excluding hydrogens is 289 g/mol. The minimum Gasteiger partial charge on any atom is -0.462 e. The summed E-state index contributed by atoms with van der Waals surface area (Å²) in [5.74, 6) is 0.144. The number of halogens is 1. The monoisotopic (exact) mass is 299 g/mol. The third-order valence-corrected chi connectivity index (χ3v) is 3.66. The van der Waals surface area contributed by atoms with Crippen LogP contribution in [0.4, 0.5) is 4.39 Å². The van der Waals surface area contributed by atoms with E-state index in [1.54, 1.807) is 18.4 Å². The van der Waals surface area contributed by atoms with E-state index in [0.29, 0.717) is 17.0 Å². The lowest BCUT2D eigenvalue weighted by atomic mass is 10.1. The molecule has 0 unspecified atom stereocenters. The van der Waals surface area contributed by atoms with Gasteiger partial charge in [-0.05, 0) is 48.6 Å². The van der Waals surface area contributed by atoms with Crippen LogP contribution in [0.25, 0.3) is 16.8 Å². The van der Waals surface area contributed by atoms with Crippen LogP contribution in [0, 0.1) is 5.82 Å². The Kier molecular flexibility index (Phi) is 3.75. The number of rotatable bonds is 4. The number of hydrogen-bond acceptors (Lipinski definition) is 4. The minimum atomic E-state index is -0.363. The van der Waals surface area contributed by atoms with E-state index >= 15 is 0 Å². The van der Waals surface area contributed by atoms with Gasteiger partial charge in [-0.25, -0.2) is 9.37 Å². The molecule has 21 heavy (non-hydrogen) atoms. The minimum absolute atomic E-state index is 0.192. The van der Waals surface area contributed by atoms with Gasteiger partial charge in [-0.3, -0.25) is 4.79 Å². The number of thiazole rings is 1. The van der Waals surface area contributed by atoms with Crippen molar-refractivity contribution in [2.24, 2.45) is 0 Å². The fourth-order valence-electron chi connectivity index (χ4n) is 1.75. The van der Waals surface area contributed by atoms with Gasteiger partial charge < -0.3 is 4.42 Å². The molecule has 0 saturated carbocycles. The van der Waals surface area contributed by atoms with E-state index in [4.69, 9.17) is 4.42 Å². The normalized spacial score (nSPS) is 11.1. The van der Waals surface area contributed by atoms with Gasteiger partial charge in [-0.2, -0.15) is 0 Å². The Morgan fingerprint density at radius 2 is 2.05 bits per heavy atom. The number of carbonyl (C=O) groups excluding carboxylic acids is 1. The molecular formula is C16H10FNO2S. The van der Waals surface area contributed by atoms with Gasteiger partial charge in [0.15, 0.2) is 16.6 Å². The molecule has 0 atom stereocenters. The number of nitrogens with zero attached hydrogens (tertiary/aromatic N) is 1. The van der Waals surface area contributed by atoms with Crippen LogP contribution in [0.2, 0.25) is 0 Å². The number of aromatic nitrogens is 1. The summed E-state index contributed by atoms with van der Waals surface area (Å²) in [5, 5.41) is 2.60. The summed E-state index contributed by atoms with van der Waals surface area (Å²) in [6.45, 7) is 0. The van der Waals surface area contributed by atoms with E-state index < -0.39 is 0 Å². The van der Waals surface area contributed by atoms with Crippen LogP contribution in [0.1, 0.15) is 16.1 Å². The second kappa shape index (κ2) is 5.85. The van der Waals surface area contributed by atoms with Gasteiger partial charge in [0.2, 0.25) is 0 Å². The first-order valence-corrected chi connectivity index (χ1v) is 7.08. The Morgan fingerprint density at radius 1 is 1.24 bits per heavy atom. The maximum absolute atomic E-state index is 12.8. The number of hydrogen-bond donors (Lipinski definition) is 0. The number of furan rings is 1. The Labute approximate surface area is 124 Å². The van der Waals surface area contributed by atoms with Crippen molar-refractivity contribution in [2.45, 2.75) is 0 Å². The van der Waals surface area contributed by atoms with Crippen LogP contribution >= 0.6 is 11.3 Å². The second-order valence-corrected chi connectivity index (χ2v) is 5.12. The van der Waals surface area contributed by atoms with Crippen LogP contribution in [-0.4, -0.2) is 10.8 Å². The molecule has 0 radical (unpaired) electrons. The zero-order valence-electron chi connectivity index (χ0n) is 10.8. The lowest BCUT2D eigenvalue weighted by Gasteiger charge is -1.94. The van der Waals surface area contributed by atoms with Crippen LogP contribution in [0.3, 0.4) is 0 Å². The first-order chi connectivity index (χ1) is 10.2. The highest BCUT2D eigenvalue weighted by Crippen LogP contribution is 2.24. The van der Waals surface area contributed by atoms with Gasteiger partial charge in [0, 0.05) is 10.9 Å². The fourth-order valence-corrected chi connectivity index (χ4v) is 2.50. The van der Waals surface area contributed by atoms with Crippen molar-refractivity contribution in [3.05, 3.63) is 71.2 Å². The van der Waals surface area contributed by atoms with Gasteiger partial charge >= 0.3 is 0 Å². The number of benzene rings is 1. The number of ketones is 1. The standard InChI is InChI=1S/C16H10FNO2S/c17-12-5-3-11(4-6-12)14(19)8-7-13-10-21-16(18-13)15-2-1-9-20-15/h1-10H. The summed E-state index contributed by atoms with van der Waals surface area (Å²) in [6, 6.07) is 9.06. The Hall–Kier alpha value is -2.53. The predicted octanol–water partition coefficient (Wildman–Crippen LogP) is 4.44. The molecule has 1 aromatic carbocycles. The summed E-state index contributed by atoms with van der Waals surface area (Å²) in [5.41, 5.74) is 1.12. The summed E-state index contributed by atoms with van der Waals surface area (Å²) >= 11 is 1.44. The van der Waals surface area contributed by atoms with Crippen molar-refractivity contribution in [3.63, 3.8) is 0 Å². The molecule has 5 heteroatoms. The molecule has 0 spiro atoms. The molecule has 3 nitrogen and oxygen atoms in total. The second-order valence-electron chi connectivity index (χ2n) is 4.26. The molecule has 0 fully saturated rings. The number of carbonyl (C=O) groups is 1. The molecule has 0 aliphatic carbocycles. The maximum atomic E-state index is 12.8. The van der Waals surface area contributed by atoms with Crippen LogP contribution in [0.15, 0.2) is 58.5 Å². The average Bonchev–Trinajstić information content (AvgIpc) is 3.16. The molecule has 0 aliphatic heterocycles. The zero-order valence-corrected chi connectivity index (χ0v) is 11.6. The summed E-state index contributed by atoms with van der Waals surface area (Å²) in [6.07, 6.45) is 4.65. The highest BCUT2D eigenvalue weighted by atomic mass is 32.1. The van der Waals surface area contributed by atoms with Crippen LogP contribution in [-0.2, 0) is 0 Å². The van der Waals surface area contributed by atoms with Crippen LogP contribution in [0.5, 0.6) is 0 Å². The van der Waals surface area contributed by atoms with Crippen molar-refractivity contribution in [3.8, 4) is 10.8 Å². The molecule has 2 heterocycles. The third-order valence-electron chi connectivity index (χ3n) is 2.79. The molecule has 3 rings (SSSR count). The molecule has 0 aliphatic rings. The Balaban J connectivity index is 1.74. The van der Waals surface area contributed by atoms with Crippen molar-refractivity contribution >= 4 is 23.2 Å². The predicted molar refractivity (Wildman–Crippen MR) is 79.6 cm³/mol. The van der Waals surface area contributed by atoms with Gasteiger partial charge in [-0.1, -0.05) is 0 Å². The smallest absolute Gasteiger partial charge is 0.185 e. The SMILES string of the molecule is O=C(C=Cc1csc(-c2ccco2)n1)c1ccc(F)cc1. The lowest BCUT2D eigenvalue weighted by Crippen LogP contribution is -1.93. The molecule has 104 valence electrons. The highest BCUT2D eigenvalue weighted by molar-refractivity contribution is 7.13. The van der Waals surface area contributed by atoms with Crippen LogP contribution < -0.4 is 0 Å². The first kappa shape index (κ1) is 13.5. The summed E-state index contributed by atoms with van der Waals surface area (Å²) in [7, 11) is 0. The molecule has 0 saturated heterocycles. The largest absolute Gasteiger partial charge is 0.462 e.